The van der Waals surface area contributed by atoms with E-state index in [1.165, 1.54) is 12.1 Å². The summed E-state index contributed by atoms with van der Waals surface area (Å²) in [5.41, 5.74) is -0.107. The number of carbonyl (C=O) groups is 1. The fourth-order valence-electron chi connectivity index (χ4n) is 2.26. The van der Waals surface area contributed by atoms with Crippen LogP contribution in [0.15, 0.2) is 54.6 Å². The largest absolute Gasteiger partial charge is 0.476 e. The lowest BCUT2D eigenvalue weighted by atomic mass is 10.1. The molecule has 6 heteroatoms. The van der Waals surface area contributed by atoms with E-state index in [-0.39, 0.29) is 17.7 Å². The number of nitrogens with one attached hydrogen (secondary N) is 1. The van der Waals surface area contributed by atoms with Gasteiger partial charge in [-0.05, 0) is 37.1 Å². The molecule has 1 N–H and O–H groups in total. The number of amides is 1. The van der Waals surface area contributed by atoms with Crippen molar-refractivity contribution in [2.24, 2.45) is 0 Å². The Balaban J connectivity index is 1.79. The Morgan fingerprint density at radius 1 is 1.04 bits per heavy atom. The van der Waals surface area contributed by atoms with Crippen molar-refractivity contribution in [2.75, 3.05) is 0 Å². The lowest BCUT2D eigenvalue weighted by Gasteiger charge is -2.19. The fraction of sp³-hybridized carbons (Fsp3) is 0.278. The summed E-state index contributed by atoms with van der Waals surface area (Å²) in [5.74, 6) is -0.0774. The molecule has 1 atom stereocenters. The Morgan fingerprint density at radius 2 is 1.67 bits per heavy atom. The van der Waals surface area contributed by atoms with Crippen LogP contribution in [0.3, 0.4) is 0 Å². The Hall–Kier alpha value is -2.50. The van der Waals surface area contributed by atoms with Crippen LogP contribution in [-0.4, -0.2) is 11.9 Å². The highest BCUT2D eigenvalue weighted by atomic mass is 19.4. The highest BCUT2D eigenvalue weighted by molar-refractivity contribution is 5.83. The Labute approximate surface area is 137 Å². The molecule has 1 fully saturated rings. The van der Waals surface area contributed by atoms with E-state index in [4.69, 9.17) is 4.74 Å². The van der Waals surface area contributed by atoms with Crippen LogP contribution in [0.4, 0.5) is 13.2 Å². The van der Waals surface area contributed by atoms with Crippen molar-refractivity contribution >= 4 is 5.91 Å². The molecule has 1 aliphatic rings. The summed E-state index contributed by atoms with van der Waals surface area (Å²) in [5, 5.41) is 2.86. The fourth-order valence-corrected chi connectivity index (χ4v) is 2.26. The van der Waals surface area contributed by atoms with Gasteiger partial charge >= 0.3 is 6.18 Å². The van der Waals surface area contributed by atoms with Crippen LogP contribution in [0.25, 0.3) is 0 Å². The van der Waals surface area contributed by atoms with Gasteiger partial charge in [-0.2, -0.15) is 13.2 Å². The molecule has 0 bridgehead atoms. The van der Waals surface area contributed by atoms with Crippen molar-refractivity contribution in [3.63, 3.8) is 0 Å². The van der Waals surface area contributed by atoms with Crippen LogP contribution < -0.4 is 10.1 Å². The summed E-state index contributed by atoms with van der Waals surface area (Å²) in [6, 6.07) is 13.4. The Kier molecular flexibility index (Phi) is 4.46. The van der Waals surface area contributed by atoms with E-state index in [2.05, 4.69) is 5.32 Å². The van der Waals surface area contributed by atoms with Crippen molar-refractivity contribution in [1.82, 2.24) is 5.32 Å². The standard InChI is InChI=1S/C18H16F3NO2/c19-18(20,21)13-6-10-15(11-7-13)24-16(12-4-2-1-3-5-12)17(23)22-14-8-9-14/h1-7,10-11,14,16H,8-9H2,(H,22,23)/t16-/m1/s1. The summed E-state index contributed by atoms with van der Waals surface area (Å²) in [4.78, 5) is 12.4. The van der Waals surface area contributed by atoms with Gasteiger partial charge in [-0.25, -0.2) is 0 Å². The third kappa shape index (κ3) is 4.07. The van der Waals surface area contributed by atoms with Gasteiger partial charge in [0.15, 0.2) is 0 Å². The maximum Gasteiger partial charge on any atom is 0.416 e. The zero-order chi connectivity index (χ0) is 17.2. The quantitative estimate of drug-likeness (QED) is 0.893. The van der Waals surface area contributed by atoms with Gasteiger partial charge in [-0.3, -0.25) is 4.79 Å². The van der Waals surface area contributed by atoms with Gasteiger partial charge in [0.25, 0.3) is 5.91 Å². The summed E-state index contributed by atoms with van der Waals surface area (Å²) in [7, 11) is 0. The van der Waals surface area contributed by atoms with E-state index in [0.29, 0.717) is 5.56 Å². The number of ether oxygens (including phenoxy) is 1. The molecule has 0 aliphatic heterocycles. The van der Waals surface area contributed by atoms with Gasteiger partial charge in [0.2, 0.25) is 6.10 Å². The van der Waals surface area contributed by atoms with Crippen molar-refractivity contribution in [1.29, 1.82) is 0 Å². The molecule has 0 spiro atoms. The van der Waals surface area contributed by atoms with Crippen LogP contribution in [0.5, 0.6) is 5.75 Å². The first-order valence-electron chi connectivity index (χ1n) is 7.63. The molecule has 0 saturated heterocycles. The Morgan fingerprint density at radius 3 is 2.21 bits per heavy atom. The van der Waals surface area contributed by atoms with Crippen LogP contribution >= 0.6 is 0 Å². The number of rotatable bonds is 5. The van der Waals surface area contributed by atoms with Gasteiger partial charge in [0, 0.05) is 11.6 Å². The maximum absolute atomic E-state index is 12.6. The van der Waals surface area contributed by atoms with Crippen LogP contribution in [0, 0.1) is 0 Å². The molecule has 2 aromatic rings. The summed E-state index contributed by atoms with van der Waals surface area (Å²) < 4.78 is 43.5. The smallest absolute Gasteiger partial charge is 0.416 e. The van der Waals surface area contributed by atoms with Gasteiger partial charge < -0.3 is 10.1 Å². The van der Waals surface area contributed by atoms with E-state index in [1.54, 1.807) is 24.3 Å². The second kappa shape index (κ2) is 6.55. The molecule has 3 nitrogen and oxygen atoms in total. The molecule has 0 heterocycles. The van der Waals surface area contributed by atoms with Crippen molar-refractivity contribution in [3.8, 4) is 5.75 Å². The van der Waals surface area contributed by atoms with E-state index >= 15 is 0 Å². The normalized spacial score (nSPS) is 15.6. The van der Waals surface area contributed by atoms with E-state index < -0.39 is 17.8 Å². The predicted octanol–water partition coefficient (Wildman–Crippen LogP) is 4.10. The number of hydrogen-bond acceptors (Lipinski definition) is 2. The number of benzene rings is 2. The maximum atomic E-state index is 12.6. The zero-order valence-electron chi connectivity index (χ0n) is 12.7. The Bertz CT molecular complexity index is 694. The molecule has 1 amide bonds. The molecule has 0 aromatic heterocycles. The van der Waals surface area contributed by atoms with Crippen LogP contribution in [0.1, 0.15) is 30.1 Å². The molecule has 24 heavy (non-hydrogen) atoms. The minimum atomic E-state index is -4.40. The molecule has 2 aromatic carbocycles. The average molecular weight is 335 g/mol. The minimum absolute atomic E-state index is 0.167. The topological polar surface area (TPSA) is 38.3 Å². The number of carbonyl (C=O) groups excluding carboxylic acids is 1. The van der Waals surface area contributed by atoms with E-state index in [0.717, 1.165) is 25.0 Å². The highest BCUT2D eigenvalue weighted by Crippen LogP contribution is 2.31. The van der Waals surface area contributed by atoms with Crippen molar-refractivity contribution in [2.45, 2.75) is 31.2 Å². The first kappa shape index (κ1) is 16.4. The SMILES string of the molecule is O=C(NC1CC1)[C@H](Oc1ccc(C(F)(F)F)cc1)c1ccccc1. The summed E-state index contributed by atoms with van der Waals surface area (Å²) in [6.45, 7) is 0. The molecule has 0 unspecified atom stereocenters. The molecular weight excluding hydrogens is 319 g/mol. The van der Waals surface area contributed by atoms with Crippen LogP contribution in [0.2, 0.25) is 0 Å². The third-order valence-electron chi connectivity index (χ3n) is 3.70. The summed E-state index contributed by atoms with van der Waals surface area (Å²) in [6.07, 6.45) is -3.43. The molecule has 1 saturated carbocycles. The van der Waals surface area contributed by atoms with Gasteiger partial charge in [-0.15, -0.1) is 0 Å². The second-order valence-electron chi connectivity index (χ2n) is 5.71. The number of alkyl halides is 3. The molecule has 3 rings (SSSR count). The van der Waals surface area contributed by atoms with Crippen LogP contribution in [-0.2, 0) is 11.0 Å². The second-order valence-corrected chi connectivity index (χ2v) is 5.71. The summed E-state index contributed by atoms with van der Waals surface area (Å²) >= 11 is 0. The predicted molar refractivity (Wildman–Crippen MR) is 82.4 cm³/mol. The van der Waals surface area contributed by atoms with Crippen molar-refractivity contribution in [3.05, 3.63) is 65.7 Å². The first-order valence-corrected chi connectivity index (χ1v) is 7.63. The van der Waals surface area contributed by atoms with Gasteiger partial charge in [0.1, 0.15) is 5.75 Å². The molecule has 126 valence electrons. The highest BCUT2D eigenvalue weighted by Gasteiger charge is 2.31. The van der Waals surface area contributed by atoms with Crippen molar-refractivity contribution < 1.29 is 22.7 Å². The first-order chi connectivity index (χ1) is 11.4. The minimum Gasteiger partial charge on any atom is -0.476 e. The molecule has 1 aliphatic carbocycles. The average Bonchev–Trinajstić information content (AvgIpc) is 3.37. The number of halogens is 3. The monoisotopic (exact) mass is 335 g/mol. The lowest BCUT2D eigenvalue weighted by Crippen LogP contribution is -2.33. The lowest BCUT2D eigenvalue weighted by molar-refractivity contribution is -0.137. The molecular formula is C18H16F3NO2. The van der Waals surface area contributed by atoms with Gasteiger partial charge in [0.05, 0.1) is 5.56 Å². The van der Waals surface area contributed by atoms with Gasteiger partial charge in [-0.1, -0.05) is 30.3 Å². The van der Waals surface area contributed by atoms with E-state index in [1.807, 2.05) is 6.07 Å². The van der Waals surface area contributed by atoms with E-state index in [9.17, 15) is 18.0 Å². The number of hydrogen-bond donors (Lipinski definition) is 1. The zero-order valence-corrected chi connectivity index (χ0v) is 12.7. The third-order valence-corrected chi connectivity index (χ3v) is 3.70. The molecule has 0 radical (unpaired) electrons.